The molecule has 1 aromatic carbocycles. The fraction of sp³-hybridized carbons (Fsp3) is 0.550. The van der Waals surface area contributed by atoms with Crippen LogP contribution in [0.25, 0.3) is 10.9 Å². The van der Waals surface area contributed by atoms with Crippen molar-refractivity contribution < 1.29 is 5.11 Å². The van der Waals surface area contributed by atoms with Gasteiger partial charge in [-0.25, -0.2) is 0 Å². The second kappa shape index (κ2) is 6.16. The summed E-state index contributed by atoms with van der Waals surface area (Å²) < 4.78 is 0. The number of nitrogens with zero attached hydrogens (tertiary/aromatic N) is 1. The van der Waals surface area contributed by atoms with Gasteiger partial charge < -0.3 is 10.1 Å². The number of aromatic nitrogens is 1. The molecule has 0 saturated carbocycles. The molecule has 2 aromatic rings. The van der Waals surface area contributed by atoms with E-state index >= 15 is 0 Å². The molecule has 4 heteroatoms. The Morgan fingerprint density at radius 2 is 2.29 bits per heavy atom. The fourth-order valence-corrected chi connectivity index (χ4v) is 5.14. The molecule has 3 nitrogen and oxygen atoms in total. The topological polar surface area (TPSA) is 39.3 Å². The van der Waals surface area contributed by atoms with Crippen molar-refractivity contribution in [2.24, 2.45) is 11.8 Å². The van der Waals surface area contributed by atoms with Crippen LogP contribution in [0.5, 0.6) is 0 Å². The highest BCUT2D eigenvalue weighted by Gasteiger charge is 2.42. The van der Waals surface area contributed by atoms with Crippen molar-refractivity contribution in [2.45, 2.75) is 45.1 Å². The van der Waals surface area contributed by atoms with Crippen LogP contribution in [0.2, 0.25) is 0 Å². The molecule has 2 unspecified atom stereocenters. The lowest BCUT2D eigenvalue weighted by molar-refractivity contribution is 0.0721. The summed E-state index contributed by atoms with van der Waals surface area (Å²) in [6.45, 7) is 6.51. The second-order valence-electron chi connectivity index (χ2n) is 7.58. The van der Waals surface area contributed by atoms with Gasteiger partial charge in [0.25, 0.3) is 0 Å². The molecule has 2 aliphatic rings. The molecule has 1 aliphatic carbocycles. The highest BCUT2D eigenvalue weighted by molar-refractivity contribution is 7.80. The van der Waals surface area contributed by atoms with Gasteiger partial charge in [0.1, 0.15) is 0 Å². The van der Waals surface area contributed by atoms with E-state index in [1.807, 2.05) is 0 Å². The summed E-state index contributed by atoms with van der Waals surface area (Å²) in [6, 6.07) is 7.24. The minimum Gasteiger partial charge on any atom is -0.502 e. The molecular formula is C20H26N2OS. The van der Waals surface area contributed by atoms with Gasteiger partial charge in [-0.1, -0.05) is 26.0 Å². The van der Waals surface area contributed by atoms with Gasteiger partial charge in [-0.15, -0.1) is 0 Å². The highest BCUT2D eigenvalue weighted by Crippen LogP contribution is 2.46. The van der Waals surface area contributed by atoms with Gasteiger partial charge in [0.05, 0.1) is 0 Å². The van der Waals surface area contributed by atoms with Crippen molar-refractivity contribution in [3.63, 3.8) is 0 Å². The fourth-order valence-electron chi connectivity index (χ4n) is 4.94. The van der Waals surface area contributed by atoms with Crippen molar-refractivity contribution in [3.8, 4) is 0 Å². The smallest absolute Gasteiger partial charge is 0.159 e. The summed E-state index contributed by atoms with van der Waals surface area (Å²) in [5.74, 6) is 1.07. The average molecular weight is 343 g/mol. The van der Waals surface area contributed by atoms with Crippen LogP contribution in [-0.4, -0.2) is 39.2 Å². The lowest BCUT2D eigenvalue weighted by Crippen LogP contribution is -2.51. The first-order valence-corrected chi connectivity index (χ1v) is 9.56. The molecule has 2 heterocycles. The molecule has 2 N–H and O–H groups in total. The quantitative estimate of drug-likeness (QED) is 0.808. The van der Waals surface area contributed by atoms with Crippen molar-refractivity contribution in [1.82, 2.24) is 9.88 Å². The maximum Gasteiger partial charge on any atom is 0.159 e. The Hall–Kier alpha value is -1.39. The number of nitrogens with one attached hydrogen (secondary N) is 1. The van der Waals surface area contributed by atoms with Crippen LogP contribution in [0, 0.1) is 11.8 Å². The number of thiocarbonyl (C=S) groups is 1. The third-order valence-corrected chi connectivity index (χ3v) is 6.59. The Kier molecular flexibility index (Phi) is 4.13. The van der Waals surface area contributed by atoms with Crippen LogP contribution in [0.15, 0.2) is 24.4 Å². The summed E-state index contributed by atoms with van der Waals surface area (Å²) >= 11 is 5.09. The Morgan fingerprint density at radius 1 is 1.46 bits per heavy atom. The van der Waals surface area contributed by atoms with Gasteiger partial charge in [0.2, 0.25) is 0 Å². The Balaban J connectivity index is 1.76. The van der Waals surface area contributed by atoms with Crippen molar-refractivity contribution in [1.29, 1.82) is 0 Å². The number of aliphatic hydroxyl groups excluding tert-OH is 1. The lowest BCUT2D eigenvalue weighted by Gasteiger charge is -2.48. The van der Waals surface area contributed by atoms with Gasteiger partial charge in [-0.2, -0.15) is 0 Å². The predicted octanol–water partition coefficient (Wildman–Crippen LogP) is 4.43. The molecule has 1 aromatic heterocycles. The first kappa shape index (κ1) is 16.1. The molecule has 0 amide bonds. The number of fused-ring (bicyclic) bond motifs is 2. The zero-order chi connectivity index (χ0) is 16.8. The summed E-state index contributed by atoms with van der Waals surface area (Å²) in [7, 11) is 0. The van der Waals surface area contributed by atoms with E-state index in [-0.39, 0.29) is 11.0 Å². The predicted molar refractivity (Wildman–Crippen MR) is 103 cm³/mol. The van der Waals surface area contributed by atoms with Crippen LogP contribution in [0.4, 0.5) is 0 Å². The second-order valence-corrected chi connectivity index (χ2v) is 8.00. The van der Waals surface area contributed by atoms with Crippen LogP contribution < -0.4 is 0 Å². The van der Waals surface area contributed by atoms with Crippen molar-refractivity contribution in [3.05, 3.63) is 35.5 Å². The monoisotopic (exact) mass is 342 g/mol. The number of rotatable bonds is 4. The maximum absolute atomic E-state index is 9.87. The molecule has 1 saturated heterocycles. The minimum absolute atomic E-state index is 0.0899. The van der Waals surface area contributed by atoms with E-state index < -0.39 is 0 Å². The summed E-state index contributed by atoms with van der Waals surface area (Å²) in [5.41, 5.74) is 4.21. The average Bonchev–Trinajstić information content (AvgIpc) is 2.99. The molecule has 1 fully saturated rings. The van der Waals surface area contributed by atoms with Crippen molar-refractivity contribution >= 4 is 28.2 Å². The Morgan fingerprint density at radius 3 is 3.04 bits per heavy atom. The van der Waals surface area contributed by atoms with E-state index in [9.17, 15) is 5.11 Å². The van der Waals surface area contributed by atoms with Gasteiger partial charge in [-0.3, -0.25) is 4.90 Å². The summed E-state index contributed by atoms with van der Waals surface area (Å²) in [4.78, 5) is 6.10. The van der Waals surface area contributed by atoms with Crippen LogP contribution in [0.1, 0.15) is 43.7 Å². The van der Waals surface area contributed by atoms with E-state index in [1.54, 1.807) is 0 Å². The van der Waals surface area contributed by atoms with Gasteiger partial charge >= 0.3 is 0 Å². The van der Waals surface area contributed by atoms with Gasteiger partial charge in [-0.05, 0) is 61.1 Å². The van der Waals surface area contributed by atoms with Crippen molar-refractivity contribution in [2.75, 3.05) is 13.1 Å². The molecule has 24 heavy (non-hydrogen) atoms. The summed E-state index contributed by atoms with van der Waals surface area (Å²) in [6.07, 6.45) is 5.62. The third kappa shape index (κ3) is 2.47. The highest BCUT2D eigenvalue weighted by atomic mass is 32.1. The number of aromatic amines is 1. The van der Waals surface area contributed by atoms with Crippen LogP contribution in [0.3, 0.4) is 0 Å². The van der Waals surface area contributed by atoms with E-state index in [1.165, 1.54) is 22.0 Å². The largest absolute Gasteiger partial charge is 0.502 e. The van der Waals surface area contributed by atoms with E-state index in [0.29, 0.717) is 17.9 Å². The first-order valence-electron chi connectivity index (χ1n) is 9.15. The molecule has 0 bridgehead atoms. The number of aliphatic hydroxyl groups is 1. The Labute approximate surface area is 149 Å². The molecular weight excluding hydrogens is 316 g/mol. The number of likely N-dealkylation sites (tertiary alicyclic amines) is 1. The number of hydrogen-bond acceptors (Lipinski definition) is 2. The standard InChI is InChI=1S/C20H26N2OS/c1-3-7-22-11-14(12(2)20(23)24)8-16-15-5-4-6-17-19(15)13(10-21-17)9-18(16)22/h4-6,10,12,14,16,18,21H,3,7-9,11H2,1-2H3,(H,23,24)/t12?,14-,16?,18-/m1/s1. The number of benzene rings is 1. The van der Waals surface area contributed by atoms with Gasteiger partial charge in [0, 0.05) is 41.5 Å². The normalized spacial score (nSPS) is 27.8. The molecule has 1 aliphatic heterocycles. The molecule has 4 rings (SSSR count). The maximum atomic E-state index is 9.87. The molecule has 0 spiro atoms. The van der Waals surface area contributed by atoms with E-state index in [4.69, 9.17) is 12.2 Å². The number of H-pyrrole nitrogens is 1. The SMILES string of the molecule is CCCN1C[C@H](C(C)C(O)=S)CC2c3cccc4[nH]cc(c34)C[C@H]21. The summed E-state index contributed by atoms with van der Waals surface area (Å²) in [5, 5.41) is 11.5. The lowest BCUT2D eigenvalue weighted by atomic mass is 9.70. The Bertz CT molecular complexity index is 768. The van der Waals surface area contributed by atoms with E-state index in [2.05, 4.69) is 48.1 Å². The third-order valence-electron chi connectivity index (χ3n) is 6.21. The molecule has 4 atom stereocenters. The molecule has 128 valence electrons. The zero-order valence-corrected chi connectivity index (χ0v) is 15.3. The number of piperidine rings is 1. The first-order chi connectivity index (χ1) is 11.6. The van der Waals surface area contributed by atoms with Crippen LogP contribution >= 0.6 is 12.2 Å². The van der Waals surface area contributed by atoms with Gasteiger partial charge in [0.15, 0.2) is 5.05 Å². The van der Waals surface area contributed by atoms with Crippen LogP contribution in [-0.2, 0) is 6.42 Å². The zero-order valence-electron chi connectivity index (χ0n) is 14.5. The minimum atomic E-state index is 0.0899. The molecule has 0 radical (unpaired) electrons. The van der Waals surface area contributed by atoms with E-state index in [0.717, 1.165) is 32.4 Å². The number of hydrogen-bond donors (Lipinski definition) is 2.